The molecule has 0 unspecified atom stereocenters. The topological polar surface area (TPSA) is 22.1 Å². The molecular formula is C11H14BrNO. The van der Waals surface area contributed by atoms with Crippen LogP contribution in [-0.4, -0.2) is 11.6 Å². The lowest BCUT2D eigenvalue weighted by atomic mass is 9.75. The van der Waals surface area contributed by atoms with Crippen LogP contribution in [-0.2, 0) is 0 Å². The number of hydrogen-bond acceptors (Lipinski definition) is 2. The molecule has 0 spiro atoms. The van der Waals surface area contributed by atoms with Gasteiger partial charge in [-0.25, -0.2) is 4.98 Å². The Hall–Kier alpha value is -0.570. The molecule has 1 aliphatic rings. The van der Waals surface area contributed by atoms with Gasteiger partial charge in [-0.15, -0.1) is 0 Å². The summed E-state index contributed by atoms with van der Waals surface area (Å²) in [6, 6.07) is 3.84. The Balaban J connectivity index is 1.88. The van der Waals surface area contributed by atoms with Gasteiger partial charge in [-0.3, -0.25) is 0 Å². The molecule has 0 aromatic carbocycles. The minimum atomic E-state index is 0.714. The van der Waals surface area contributed by atoms with E-state index in [1.54, 1.807) is 6.20 Å². The molecule has 2 rings (SSSR count). The van der Waals surface area contributed by atoms with Crippen LogP contribution in [0.15, 0.2) is 22.8 Å². The first-order chi connectivity index (χ1) is 6.77. The molecule has 1 fully saturated rings. The van der Waals surface area contributed by atoms with Crippen LogP contribution in [0.25, 0.3) is 0 Å². The van der Waals surface area contributed by atoms with Crippen molar-refractivity contribution in [3.63, 3.8) is 0 Å². The number of halogens is 1. The highest BCUT2D eigenvalue weighted by atomic mass is 79.9. The highest BCUT2D eigenvalue weighted by molar-refractivity contribution is 9.10. The normalized spacial score (nSPS) is 25.6. The maximum atomic E-state index is 5.65. The summed E-state index contributed by atoms with van der Waals surface area (Å²) in [6.07, 6.45) is 4.40. The fourth-order valence-electron chi connectivity index (χ4n) is 1.65. The lowest BCUT2D eigenvalue weighted by Gasteiger charge is -2.33. The monoisotopic (exact) mass is 255 g/mol. The van der Waals surface area contributed by atoms with Crippen LogP contribution in [0, 0.1) is 11.8 Å². The number of rotatable bonds is 3. The predicted molar refractivity (Wildman–Crippen MR) is 59.3 cm³/mol. The molecule has 0 radical (unpaired) electrons. The molecule has 2 nitrogen and oxygen atoms in total. The Labute approximate surface area is 92.8 Å². The molecule has 0 aliphatic heterocycles. The van der Waals surface area contributed by atoms with Gasteiger partial charge in [0.05, 0.1) is 11.1 Å². The summed E-state index contributed by atoms with van der Waals surface area (Å²) in [5.41, 5.74) is 0. The average Bonchev–Trinajstić information content (AvgIpc) is 2.19. The van der Waals surface area contributed by atoms with Crippen LogP contribution in [0.1, 0.15) is 19.8 Å². The van der Waals surface area contributed by atoms with Crippen molar-refractivity contribution in [3.8, 4) is 5.88 Å². The Morgan fingerprint density at radius 3 is 3.00 bits per heavy atom. The zero-order valence-corrected chi connectivity index (χ0v) is 9.83. The number of pyridine rings is 1. The van der Waals surface area contributed by atoms with Crippen LogP contribution < -0.4 is 4.74 Å². The summed E-state index contributed by atoms with van der Waals surface area (Å²) >= 11 is 3.41. The number of ether oxygens (including phenoxy) is 1. The first kappa shape index (κ1) is 9.97. The molecule has 76 valence electrons. The van der Waals surface area contributed by atoms with Gasteiger partial charge in [0.25, 0.3) is 0 Å². The molecule has 1 heterocycles. The van der Waals surface area contributed by atoms with Crippen molar-refractivity contribution in [2.45, 2.75) is 19.8 Å². The zero-order valence-electron chi connectivity index (χ0n) is 8.24. The van der Waals surface area contributed by atoms with E-state index >= 15 is 0 Å². The number of nitrogens with zero attached hydrogens (tertiary/aromatic N) is 1. The van der Waals surface area contributed by atoms with Gasteiger partial charge in [0.2, 0.25) is 5.88 Å². The summed E-state index contributed by atoms with van der Waals surface area (Å²) in [5, 5.41) is 0. The van der Waals surface area contributed by atoms with Crippen molar-refractivity contribution in [3.05, 3.63) is 22.8 Å². The van der Waals surface area contributed by atoms with Crippen molar-refractivity contribution in [2.24, 2.45) is 11.8 Å². The van der Waals surface area contributed by atoms with Crippen molar-refractivity contribution >= 4 is 15.9 Å². The molecule has 1 aromatic rings. The van der Waals surface area contributed by atoms with Gasteiger partial charge >= 0.3 is 0 Å². The third-order valence-electron chi connectivity index (χ3n) is 2.96. The van der Waals surface area contributed by atoms with Crippen molar-refractivity contribution in [1.82, 2.24) is 4.98 Å². The maximum absolute atomic E-state index is 5.65. The van der Waals surface area contributed by atoms with E-state index in [9.17, 15) is 0 Å². The fourth-order valence-corrected chi connectivity index (χ4v) is 2.02. The van der Waals surface area contributed by atoms with Crippen LogP contribution in [0.5, 0.6) is 5.88 Å². The SMILES string of the molecule is C[C@H]1CC[C@H]1COc1ncccc1Br. The smallest absolute Gasteiger partial charge is 0.227 e. The molecule has 0 amide bonds. The van der Waals surface area contributed by atoms with E-state index in [0.29, 0.717) is 5.88 Å². The number of hydrogen-bond donors (Lipinski definition) is 0. The molecule has 3 heteroatoms. The van der Waals surface area contributed by atoms with E-state index in [1.165, 1.54) is 12.8 Å². The molecule has 1 saturated carbocycles. The molecule has 1 aromatic heterocycles. The van der Waals surface area contributed by atoms with Gasteiger partial charge in [-0.2, -0.15) is 0 Å². The highest BCUT2D eigenvalue weighted by Crippen LogP contribution is 2.34. The van der Waals surface area contributed by atoms with E-state index in [4.69, 9.17) is 4.74 Å². The first-order valence-corrected chi connectivity index (χ1v) is 5.80. The summed E-state index contributed by atoms with van der Waals surface area (Å²) in [5.74, 6) is 2.26. The van der Waals surface area contributed by atoms with E-state index in [-0.39, 0.29) is 0 Å². The predicted octanol–water partition coefficient (Wildman–Crippen LogP) is 3.27. The summed E-state index contributed by atoms with van der Waals surface area (Å²) in [4.78, 5) is 4.16. The zero-order chi connectivity index (χ0) is 9.97. The van der Waals surface area contributed by atoms with Gasteiger partial charge in [0.1, 0.15) is 0 Å². The molecular weight excluding hydrogens is 242 g/mol. The second-order valence-electron chi connectivity index (χ2n) is 3.92. The summed E-state index contributed by atoms with van der Waals surface area (Å²) < 4.78 is 6.59. The molecule has 0 N–H and O–H groups in total. The van der Waals surface area contributed by atoms with E-state index in [1.807, 2.05) is 12.1 Å². The van der Waals surface area contributed by atoms with Crippen LogP contribution in [0.2, 0.25) is 0 Å². The third kappa shape index (κ3) is 2.08. The van der Waals surface area contributed by atoms with E-state index < -0.39 is 0 Å². The van der Waals surface area contributed by atoms with Gasteiger partial charge in [-0.1, -0.05) is 6.92 Å². The standard InChI is InChI=1S/C11H14BrNO/c1-8-4-5-9(8)7-14-11-10(12)3-2-6-13-11/h2-3,6,8-9H,4-5,7H2,1H3/t8-,9-/m0/s1. The van der Waals surface area contributed by atoms with Gasteiger partial charge < -0.3 is 4.74 Å². The second-order valence-corrected chi connectivity index (χ2v) is 4.77. The minimum absolute atomic E-state index is 0.714. The second kappa shape index (κ2) is 4.30. The molecule has 1 aliphatic carbocycles. The maximum Gasteiger partial charge on any atom is 0.227 e. The Morgan fingerprint density at radius 1 is 1.57 bits per heavy atom. The molecule has 0 bridgehead atoms. The lowest BCUT2D eigenvalue weighted by molar-refractivity contribution is 0.113. The summed E-state index contributed by atoms with van der Waals surface area (Å²) in [7, 11) is 0. The largest absolute Gasteiger partial charge is 0.477 e. The van der Waals surface area contributed by atoms with Crippen LogP contribution in [0.3, 0.4) is 0 Å². The quantitative estimate of drug-likeness (QED) is 0.828. The first-order valence-electron chi connectivity index (χ1n) is 5.00. The third-order valence-corrected chi connectivity index (χ3v) is 3.56. The molecule has 14 heavy (non-hydrogen) atoms. The summed E-state index contributed by atoms with van der Waals surface area (Å²) in [6.45, 7) is 3.09. The molecule has 2 atom stereocenters. The van der Waals surface area contributed by atoms with E-state index in [0.717, 1.165) is 22.9 Å². The highest BCUT2D eigenvalue weighted by Gasteiger charge is 2.27. The van der Waals surface area contributed by atoms with Crippen LogP contribution >= 0.6 is 15.9 Å². The van der Waals surface area contributed by atoms with Crippen LogP contribution in [0.4, 0.5) is 0 Å². The van der Waals surface area contributed by atoms with Gasteiger partial charge in [-0.05, 0) is 52.7 Å². The van der Waals surface area contributed by atoms with Crippen molar-refractivity contribution < 1.29 is 4.74 Å². The average molecular weight is 256 g/mol. The fraction of sp³-hybridized carbons (Fsp3) is 0.545. The van der Waals surface area contributed by atoms with Crippen molar-refractivity contribution in [2.75, 3.05) is 6.61 Å². The number of aromatic nitrogens is 1. The van der Waals surface area contributed by atoms with Gasteiger partial charge in [0, 0.05) is 6.20 Å². The minimum Gasteiger partial charge on any atom is -0.477 e. The van der Waals surface area contributed by atoms with E-state index in [2.05, 4.69) is 27.8 Å². The Morgan fingerprint density at radius 2 is 2.43 bits per heavy atom. The Kier molecular flexibility index (Phi) is 3.06. The lowest BCUT2D eigenvalue weighted by Crippen LogP contribution is -2.28. The Bertz CT molecular complexity index is 316. The van der Waals surface area contributed by atoms with Gasteiger partial charge in [0.15, 0.2) is 0 Å². The molecule has 0 saturated heterocycles. The van der Waals surface area contributed by atoms with Crippen molar-refractivity contribution in [1.29, 1.82) is 0 Å².